The maximum Gasteiger partial charge on any atom is 0.303 e. The van der Waals surface area contributed by atoms with E-state index in [2.05, 4.69) is 31.2 Å². The lowest BCUT2D eigenvalue weighted by molar-refractivity contribution is -0.137. The molecule has 0 amide bonds. The highest BCUT2D eigenvalue weighted by Gasteiger charge is 2.04. The molecule has 3 nitrogen and oxygen atoms in total. The number of aliphatic carboxylic acids is 1. The van der Waals surface area contributed by atoms with Gasteiger partial charge < -0.3 is 10.2 Å². The number of carboxylic acids is 1. The molecule has 1 atom stereocenters. The monoisotopic (exact) mass is 296 g/mol. The van der Waals surface area contributed by atoms with Crippen LogP contribution in [0.3, 0.4) is 0 Å². The summed E-state index contributed by atoms with van der Waals surface area (Å²) in [4.78, 5) is 10.3. The van der Waals surface area contributed by atoms with Gasteiger partial charge in [-0.05, 0) is 51.4 Å². The van der Waals surface area contributed by atoms with E-state index in [9.17, 15) is 9.90 Å². The van der Waals surface area contributed by atoms with Crippen molar-refractivity contribution in [1.82, 2.24) is 0 Å². The molecule has 0 rings (SSSR count). The maximum atomic E-state index is 10.3. The average Bonchev–Trinajstić information content (AvgIpc) is 2.44. The van der Waals surface area contributed by atoms with Gasteiger partial charge >= 0.3 is 5.97 Å². The number of unbranched alkanes of at least 4 members (excludes halogenated alkanes) is 4. The molecule has 122 valence electrons. The molecule has 0 saturated carbocycles. The van der Waals surface area contributed by atoms with E-state index in [1.54, 1.807) is 0 Å². The number of carbonyl (C=O) groups is 1. The lowest BCUT2D eigenvalue weighted by Gasteiger charge is -2.08. The molecule has 0 spiro atoms. The first-order valence-electron chi connectivity index (χ1n) is 8.36. The second-order valence-corrected chi connectivity index (χ2v) is 5.54. The average molecular weight is 296 g/mol. The first-order valence-corrected chi connectivity index (χ1v) is 8.36. The Balaban J connectivity index is 3.36. The molecule has 1 unspecified atom stereocenters. The standard InChI is InChI=1S/C18H32O3/c1-2-3-4-5-6-7-8-9-10-11-12-14-17(19)15-13-16-18(20)21/h6-7,9-10,17,19H,2-5,8,11-16H2,1H3,(H,20,21)/b7-6-,10-9-. The van der Waals surface area contributed by atoms with Gasteiger partial charge in [-0.15, -0.1) is 0 Å². The van der Waals surface area contributed by atoms with E-state index in [0.717, 1.165) is 25.7 Å². The molecule has 0 aliphatic carbocycles. The third kappa shape index (κ3) is 16.9. The van der Waals surface area contributed by atoms with Crippen molar-refractivity contribution in [1.29, 1.82) is 0 Å². The predicted octanol–water partition coefficient (Wildman–Crippen LogP) is 4.86. The minimum atomic E-state index is -0.784. The number of hydrogen-bond donors (Lipinski definition) is 2. The molecule has 0 aromatic carbocycles. The smallest absolute Gasteiger partial charge is 0.303 e. The summed E-state index contributed by atoms with van der Waals surface area (Å²) >= 11 is 0. The van der Waals surface area contributed by atoms with Gasteiger partial charge in [-0.25, -0.2) is 0 Å². The van der Waals surface area contributed by atoms with Crippen LogP contribution in [0, 0.1) is 0 Å². The van der Waals surface area contributed by atoms with Gasteiger partial charge in [0.2, 0.25) is 0 Å². The van der Waals surface area contributed by atoms with E-state index in [4.69, 9.17) is 5.11 Å². The molecule has 0 radical (unpaired) electrons. The minimum Gasteiger partial charge on any atom is -0.481 e. The Morgan fingerprint density at radius 1 is 0.952 bits per heavy atom. The molecule has 2 N–H and O–H groups in total. The van der Waals surface area contributed by atoms with Crippen LogP contribution in [0.2, 0.25) is 0 Å². The first kappa shape index (κ1) is 19.9. The van der Waals surface area contributed by atoms with E-state index < -0.39 is 5.97 Å². The second kappa shape index (κ2) is 15.3. The molecule has 3 heteroatoms. The third-order valence-electron chi connectivity index (χ3n) is 3.42. The Bertz CT molecular complexity index is 295. The molecule has 0 heterocycles. The van der Waals surface area contributed by atoms with Crippen molar-refractivity contribution < 1.29 is 15.0 Å². The van der Waals surface area contributed by atoms with Gasteiger partial charge in [0.1, 0.15) is 0 Å². The number of aliphatic hydroxyl groups is 1. The van der Waals surface area contributed by atoms with Crippen LogP contribution in [0.15, 0.2) is 24.3 Å². The van der Waals surface area contributed by atoms with Crippen LogP contribution in [0.5, 0.6) is 0 Å². The van der Waals surface area contributed by atoms with Gasteiger partial charge in [-0.3, -0.25) is 4.79 Å². The van der Waals surface area contributed by atoms with Gasteiger partial charge in [-0.1, -0.05) is 44.1 Å². The quantitative estimate of drug-likeness (QED) is 0.355. The molecular formula is C18H32O3. The molecule has 0 aliphatic rings. The van der Waals surface area contributed by atoms with Crippen LogP contribution in [0.25, 0.3) is 0 Å². The SMILES string of the molecule is CCCCC/C=C\C/C=C\CCCC(O)CCCC(=O)O. The number of hydrogen-bond acceptors (Lipinski definition) is 2. The van der Waals surface area contributed by atoms with E-state index >= 15 is 0 Å². The summed E-state index contributed by atoms with van der Waals surface area (Å²) in [5.74, 6) is -0.784. The van der Waals surface area contributed by atoms with Gasteiger partial charge in [0.05, 0.1) is 6.10 Å². The molecule has 0 saturated heterocycles. The van der Waals surface area contributed by atoms with Gasteiger partial charge in [0, 0.05) is 6.42 Å². The Labute approximate surface area is 129 Å². The summed E-state index contributed by atoms with van der Waals surface area (Å²) in [6.07, 6.45) is 18.5. The topological polar surface area (TPSA) is 57.5 Å². The highest BCUT2D eigenvalue weighted by molar-refractivity contribution is 5.66. The van der Waals surface area contributed by atoms with Crippen molar-refractivity contribution in [2.45, 2.75) is 83.7 Å². The van der Waals surface area contributed by atoms with E-state index in [1.165, 1.54) is 25.7 Å². The van der Waals surface area contributed by atoms with Crippen LogP contribution in [0.4, 0.5) is 0 Å². The zero-order valence-corrected chi connectivity index (χ0v) is 13.5. The fourth-order valence-electron chi connectivity index (χ4n) is 2.12. The maximum absolute atomic E-state index is 10.3. The van der Waals surface area contributed by atoms with Crippen molar-refractivity contribution in [2.75, 3.05) is 0 Å². The lowest BCUT2D eigenvalue weighted by Crippen LogP contribution is -2.07. The van der Waals surface area contributed by atoms with Crippen LogP contribution >= 0.6 is 0 Å². The molecule has 0 aromatic rings. The Morgan fingerprint density at radius 2 is 1.57 bits per heavy atom. The van der Waals surface area contributed by atoms with Gasteiger partial charge in [0.25, 0.3) is 0 Å². The summed E-state index contributed by atoms with van der Waals surface area (Å²) in [5.41, 5.74) is 0. The zero-order chi connectivity index (χ0) is 15.8. The summed E-state index contributed by atoms with van der Waals surface area (Å²) in [6.45, 7) is 2.22. The summed E-state index contributed by atoms with van der Waals surface area (Å²) < 4.78 is 0. The Morgan fingerprint density at radius 3 is 2.19 bits per heavy atom. The Hall–Kier alpha value is -1.09. The van der Waals surface area contributed by atoms with Crippen molar-refractivity contribution in [3.63, 3.8) is 0 Å². The van der Waals surface area contributed by atoms with Crippen LogP contribution in [-0.2, 0) is 4.79 Å². The lowest BCUT2D eigenvalue weighted by atomic mass is 10.1. The van der Waals surface area contributed by atoms with E-state index in [0.29, 0.717) is 12.8 Å². The van der Waals surface area contributed by atoms with Crippen LogP contribution < -0.4 is 0 Å². The highest BCUT2D eigenvalue weighted by atomic mass is 16.4. The largest absolute Gasteiger partial charge is 0.481 e. The zero-order valence-electron chi connectivity index (χ0n) is 13.5. The van der Waals surface area contributed by atoms with Crippen molar-refractivity contribution >= 4 is 5.97 Å². The molecule has 21 heavy (non-hydrogen) atoms. The van der Waals surface area contributed by atoms with E-state index in [-0.39, 0.29) is 12.5 Å². The fraction of sp³-hybridized carbons (Fsp3) is 0.722. The number of allylic oxidation sites excluding steroid dienone is 4. The molecule has 0 fully saturated rings. The second-order valence-electron chi connectivity index (χ2n) is 5.54. The predicted molar refractivity (Wildman–Crippen MR) is 88.4 cm³/mol. The first-order chi connectivity index (χ1) is 10.2. The molecule has 0 aliphatic heterocycles. The summed E-state index contributed by atoms with van der Waals surface area (Å²) in [6, 6.07) is 0. The molecular weight excluding hydrogens is 264 g/mol. The third-order valence-corrected chi connectivity index (χ3v) is 3.42. The number of rotatable bonds is 14. The Kier molecular flexibility index (Phi) is 14.5. The van der Waals surface area contributed by atoms with Crippen LogP contribution in [0.1, 0.15) is 77.6 Å². The fourth-order valence-corrected chi connectivity index (χ4v) is 2.12. The summed E-state index contributed by atoms with van der Waals surface area (Å²) in [5, 5.41) is 18.2. The van der Waals surface area contributed by atoms with Crippen molar-refractivity contribution in [3.05, 3.63) is 24.3 Å². The van der Waals surface area contributed by atoms with Crippen molar-refractivity contribution in [2.24, 2.45) is 0 Å². The molecule has 0 bridgehead atoms. The minimum absolute atomic E-state index is 0.154. The molecule has 0 aromatic heterocycles. The number of aliphatic hydroxyl groups excluding tert-OH is 1. The van der Waals surface area contributed by atoms with Crippen LogP contribution in [-0.4, -0.2) is 22.3 Å². The highest BCUT2D eigenvalue weighted by Crippen LogP contribution is 2.09. The summed E-state index contributed by atoms with van der Waals surface area (Å²) in [7, 11) is 0. The van der Waals surface area contributed by atoms with Crippen molar-refractivity contribution in [3.8, 4) is 0 Å². The number of carboxylic acid groups (broad SMARTS) is 1. The van der Waals surface area contributed by atoms with Gasteiger partial charge in [0.15, 0.2) is 0 Å². The normalized spacial score (nSPS) is 13.2. The van der Waals surface area contributed by atoms with E-state index in [1.807, 2.05) is 0 Å². The van der Waals surface area contributed by atoms with Gasteiger partial charge in [-0.2, -0.15) is 0 Å².